The van der Waals surface area contributed by atoms with E-state index in [4.69, 9.17) is 0 Å². The van der Waals surface area contributed by atoms with E-state index in [0.717, 1.165) is 36.4 Å². The van der Waals surface area contributed by atoms with E-state index in [-0.39, 0.29) is 18.1 Å². The molecule has 26 heavy (non-hydrogen) atoms. The fraction of sp³-hybridized carbons (Fsp3) is 0.350. The number of likely N-dealkylation sites (tertiary alicyclic amines) is 1. The van der Waals surface area contributed by atoms with Crippen LogP contribution in [0.15, 0.2) is 48.7 Å². The van der Waals surface area contributed by atoms with Gasteiger partial charge in [0.15, 0.2) is 11.5 Å². The van der Waals surface area contributed by atoms with Crippen molar-refractivity contribution in [2.45, 2.75) is 38.8 Å². The topological polar surface area (TPSA) is 62.5 Å². The average molecular weight is 349 g/mol. The number of hydrogen-bond acceptors (Lipinski definition) is 3. The van der Waals surface area contributed by atoms with Gasteiger partial charge in [-0.15, -0.1) is 10.2 Å². The summed E-state index contributed by atoms with van der Waals surface area (Å²) in [6.45, 7) is 4.83. The van der Waals surface area contributed by atoms with Crippen molar-refractivity contribution < 1.29 is 4.79 Å². The van der Waals surface area contributed by atoms with E-state index in [1.165, 1.54) is 5.56 Å². The van der Waals surface area contributed by atoms with E-state index in [0.29, 0.717) is 0 Å². The molecule has 134 valence electrons. The largest absolute Gasteiger partial charge is 0.331 e. The van der Waals surface area contributed by atoms with Gasteiger partial charge in [0, 0.05) is 12.7 Å². The van der Waals surface area contributed by atoms with Gasteiger partial charge >= 0.3 is 6.03 Å². The Hall–Kier alpha value is -2.89. The molecule has 0 bridgehead atoms. The molecule has 3 heterocycles. The number of aryl methyl sites for hydroxylation is 1. The molecule has 1 fully saturated rings. The van der Waals surface area contributed by atoms with Crippen LogP contribution in [0, 0.1) is 6.92 Å². The molecule has 6 nitrogen and oxygen atoms in total. The zero-order valence-corrected chi connectivity index (χ0v) is 15.1. The van der Waals surface area contributed by atoms with Gasteiger partial charge in [-0.1, -0.05) is 30.3 Å². The SMILES string of the molecule is Cc1ccccc1C(C)NC(=O)N1CCCC1c1nnc2ccccn12. The first-order chi connectivity index (χ1) is 12.6. The summed E-state index contributed by atoms with van der Waals surface area (Å²) in [6, 6.07) is 13.8. The molecule has 1 aromatic carbocycles. The second-order valence-electron chi connectivity index (χ2n) is 6.87. The Morgan fingerprint density at radius 2 is 2.00 bits per heavy atom. The van der Waals surface area contributed by atoms with Crippen molar-refractivity contribution in [1.29, 1.82) is 0 Å². The third-order valence-corrected chi connectivity index (χ3v) is 5.15. The van der Waals surface area contributed by atoms with Crippen molar-refractivity contribution >= 4 is 11.7 Å². The molecule has 0 spiro atoms. The van der Waals surface area contributed by atoms with Crippen LogP contribution >= 0.6 is 0 Å². The van der Waals surface area contributed by atoms with Gasteiger partial charge in [0.25, 0.3) is 0 Å². The fourth-order valence-electron chi connectivity index (χ4n) is 3.78. The van der Waals surface area contributed by atoms with Crippen LogP contribution in [0.1, 0.15) is 48.8 Å². The average Bonchev–Trinajstić information content (AvgIpc) is 3.28. The number of nitrogens with zero attached hydrogens (tertiary/aromatic N) is 4. The third-order valence-electron chi connectivity index (χ3n) is 5.15. The van der Waals surface area contributed by atoms with Crippen molar-refractivity contribution in [2.75, 3.05) is 6.54 Å². The first-order valence-electron chi connectivity index (χ1n) is 9.07. The predicted molar refractivity (Wildman–Crippen MR) is 99.8 cm³/mol. The Morgan fingerprint density at radius 3 is 2.85 bits per heavy atom. The lowest BCUT2D eigenvalue weighted by Crippen LogP contribution is -2.41. The minimum Gasteiger partial charge on any atom is -0.331 e. The molecule has 4 rings (SSSR count). The van der Waals surface area contributed by atoms with Gasteiger partial charge in [0.2, 0.25) is 0 Å². The monoisotopic (exact) mass is 349 g/mol. The summed E-state index contributed by atoms with van der Waals surface area (Å²) < 4.78 is 1.97. The number of aromatic nitrogens is 3. The Balaban J connectivity index is 1.55. The quantitative estimate of drug-likeness (QED) is 0.785. The molecule has 2 aromatic heterocycles. The zero-order valence-electron chi connectivity index (χ0n) is 15.1. The molecule has 0 saturated carbocycles. The first-order valence-corrected chi connectivity index (χ1v) is 9.07. The van der Waals surface area contributed by atoms with E-state index in [1.54, 1.807) is 0 Å². The summed E-state index contributed by atoms with van der Waals surface area (Å²) in [6.07, 6.45) is 3.83. The molecule has 2 amide bonds. The fourth-order valence-corrected chi connectivity index (χ4v) is 3.78. The highest BCUT2D eigenvalue weighted by Crippen LogP contribution is 2.31. The molecule has 2 atom stereocenters. The number of amides is 2. The van der Waals surface area contributed by atoms with Gasteiger partial charge in [0.05, 0.1) is 12.1 Å². The van der Waals surface area contributed by atoms with E-state index >= 15 is 0 Å². The number of fused-ring (bicyclic) bond motifs is 1. The number of rotatable bonds is 3. The maximum absolute atomic E-state index is 12.9. The maximum Gasteiger partial charge on any atom is 0.318 e. The summed E-state index contributed by atoms with van der Waals surface area (Å²) in [4.78, 5) is 14.8. The van der Waals surface area contributed by atoms with E-state index in [2.05, 4.69) is 34.6 Å². The highest BCUT2D eigenvalue weighted by molar-refractivity contribution is 5.75. The summed E-state index contributed by atoms with van der Waals surface area (Å²) >= 11 is 0. The molecule has 0 aliphatic carbocycles. The minimum atomic E-state index is -0.0454. The molecule has 1 saturated heterocycles. The molecule has 3 aromatic rings. The van der Waals surface area contributed by atoms with Gasteiger partial charge in [-0.2, -0.15) is 0 Å². The number of benzene rings is 1. The van der Waals surface area contributed by atoms with Crippen molar-refractivity contribution in [3.63, 3.8) is 0 Å². The molecule has 0 radical (unpaired) electrons. The summed E-state index contributed by atoms with van der Waals surface area (Å²) in [7, 11) is 0. The lowest BCUT2D eigenvalue weighted by atomic mass is 10.0. The van der Waals surface area contributed by atoms with E-state index in [1.807, 2.05) is 52.8 Å². The van der Waals surface area contributed by atoms with Crippen LogP contribution in [-0.2, 0) is 0 Å². The van der Waals surface area contributed by atoms with Crippen LogP contribution in [0.2, 0.25) is 0 Å². The van der Waals surface area contributed by atoms with Crippen LogP contribution in [0.25, 0.3) is 5.65 Å². The summed E-state index contributed by atoms with van der Waals surface area (Å²) in [5, 5.41) is 11.7. The number of carbonyl (C=O) groups is 1. The minimum absolute atomic E-state index is 0.0416. The van der Waals surface area contributed by atoms with E-state index in [9.17, 15) is 4.79 Å². The molecule has 1 aliphatic heterocycles. The molecular formula is C20H23N5O. The molecule has 6 heteroatoms. The Bertz CT molecular complexity index is 935. The Labute approximate surface area is 152 Å². The van der Waals surface area contributed by atoms with Gasteiger partial charge in [-0.25, -0.2) is 4.79 Å². The second kappa shape index (κ2) is 6.78. The highest BCUT2D eigenvalue weighted by atomic mass is 16.2. The van der Waals surface area contributed by atoms with Gasteiger partial charge in [-0.05, 0) is 49.9 Å². The molecule has 2 unspecified atom stereocenters. The van der Waals surface area contributed by atoms with Gasteiger partial charge in [-0.3, -0.25) is 4.40 Å². The number of carbonyl (C=O) groups excluding carboxylic acids is 1. The molecule has 1 N–H and O–H groups in total. The zero-order chi connectivity index (χ0) is 18.1. The van der Waals surface area contributed by atoms with Crippen LogP contribution in [-0.4, -0.2) is 32.1 Å². The second-order valence-corrected chi connectivity index (χ2v) is 6.87. The lowest BCUT2D eigenvalue weighted by molar-refractivity contribution is 0.187. The summed E-state index contributed by atoms with van der Waals surface area (Å²) in [5.74, 6) is 0.830. The number of hydrogen-bond donors (Lipinski definition) is 1. The number of urea groups is 1. The number of pyridine rings is 1. The predicted octanol–water partition coefficient (Wildman–Crippen LogP) is 3.65. The highest BCUT2D eigenvalue weighted by Gasteiger charge is 2.33. The van der Waals surface area contributed by atoms with Crippen molar-refractivity contribution in [3.05, 3.63) is 65.6 Å². The van der Waals surface area contributed by atoms with Crippen molar-refractivity contribution in [1.82, 2.24) is 24.8 Å². The Kier molecular flexibility index (Phi) is 4.32. The normalized spacial score (nSPS) is 18.2. The third kappa shape index (κ3) is 2.92. The smallest absolute Gasteiger partial charge is 0.318 e. The van der Waals surface area contributed by atoms with E-state index < -0.39 is 0 Å². The standard InChI is InChI=1S/C20H23N5O/c1-14-8-3-4-9-16(14)15(2)21-20(26)24-13-7-10-17(24)19-23-22-18-11-5-6-12-25(18)19/h3-6,8-9,11-12,15,17H,7,10,13H2,1-2H3,(H,21,26). The lowest BCUT2D eigenvalue weighted by Gasteiger charge is -2.26. The van der Waals surface area contributed by atoms with Crippen molar-refractivity contribution in [2.24, 2.45) is 0 Å². The van der Waals surface area contributed by atoms with Gasteiger partial charge < -0.3 is 10.2 Å². The number of nitrogens with one attached hydrogen (secondary N) is 1. The summed E-state index contributed by atoms with van der Waals surface area (Å²) in [5.41, 5.74) is 3.13. The van der Waals surface area contributed by atoms with Crippen LogP contribution in [0.3, 0.4) is 0 Å². The van der Waals surface area contributed by atoms with Gasteiger partial charge in [0.1, 0.15) is 0 Å². The maximum atomic E-state index is 12.9. The van der Waals surface area contributed by atoms with Crippen LogP contribution in [0.5, 0.6) is 0 Å². The van der Waals surface area contributed by atoms with Crippen LogP contribution in [0.4, 0.5) is 4.79 Å². The van der Waals surface area contributed by atoms with Crippen molar-refractivity contribution in [3.8, 4) is 0 Å². The molecular weight excluding hydrogens is 326 g/mol. The first kappa shape index (κ1) is 16.6. The van der Waals surface area contributed by atoms with Crippen LogP contribution < -0.4 is 5.32 Å². The Morgan fingerprint density at radius 1 is 1.19 bits per heavy atom. The molecule has 1 aliphatic rings.